The molecule has 2 aliphatic heterocycles. The highest BCUT2D eigenvalue weighted by Gasteiger charge is 2.47. The van der Waals surface area contributed by atoms with Crippen LogP contribution >= 0.6 is 0 Å². The second-order valence-electron chi connectivity index (χ2n) is 8.23. The van der Waals surface area contributed by atoms with Gasteiger partial charge in [-0.3, -0.25) is 14.7 Å². The zero-order valence-electron chi connectivity index (χ0n) is 17.1. The van der Waals surface area contributed by atoms with Gasteiger partial charge in [0, 0.05) is 37.4 Å². The van der Waals surface area contributed by atoms with Crippen molar-refractivity contribution in [1.29, 1.82) is 0 Å². The highest BCUT2D eigenvalue weighted by Crippen LogP contribution is 2.39. The molecule has 4 rings (SSSR count). The Balaban J connectivity index is 1.47. The molecule has 2 aromatic rings. The van der Waals surface area contributed by atoms with Gasteiger partial charge in [-0.15, -0.1) is 0 Å². The number of nitrogens with zero attached hydrogens (tertiary/aromatic N) is 3. The minimum atomic E-state index is -4.47. The number of phenols is 1. The fourth-order valence-electron chi connectivity index (χ4n) is 4.71. The number of alkyl halides is 3. The van der Waals surface area contributed by atoms with Crippen molar-refractivity contribution in [3.05, 3.63) is 58.4 Å². The maximum atomic E-state index is 12.8. The summed E-state index contributed by atoms with van der Waals surface area (Å²) in [6, 6.07) is 6.07. The Bertz CT molecular complexity index is 975. The summed E-state index contributed by atoms with van der Waals surface area (Å²) in [4.78, 5) is 20.7. The predicted molar refractivity (Wildman–Crippen MR) is 105 cm³/mol. The number of hydrogen-bond donors (Lipinski definition) is 1. The summed E-state index contributed by atoms with van der Waals surface area (Å²) in [5.41, 5.74) is 2.27. The van der Waals surface area contributed by atoms with Crippen molar-refractivity contribution in [2.75, 3.05) is 13.1 Å². The van der Waals surface area contributed by atoms with Crippen molar-refractivity contribution >= 4 is 5.91 Å². The fraction of sp³-hybridized carbons (Fsp3) is 0.455. The number of rotatable bonds is 3. The normalized spacial score (nSPS) is 22.5. The van der Waals surface area contributed by atoms with Gasteiger partial charge in [0.1, 0.15) is 11.4 Å². The lowest BCUT2D eigenvalue weighted by Gasteiger charge is -2.38. The van der Waals surface area contributed by atoms with Crippen molar-refractivity contribution in [3.63, 3.8) is 0 Å². The molecule has 1 amide bonds. The van der Waals surface area contributed by atoms with Gasteiger partial charge in [-0.2, -0.15) is 13.2 Å². The fourth-order valence-corrected chi connectivity index (χ4v) is 4.71. The second-order valence-corrected chi connectivity index (χ2v) is 8.23. The molecule has 3 heterocycles. The summed E-state index contributed by atoms with van der Waals surface area (Å²) in [5, 5.41) is 9.92. The molecule has 8 heteroatoms. The van der Waals surface area contributed by atoms with Crippen LogP contribution < -0.4 is 0 Å². The molecular formula is C22H24F3N3O2. The summed E-state index contributed by atoms with van der Waals surface area (Å²) in [6.07, 6.45) is -2.92. The summed E-state index contributed by atoms with van der Waals surface area (Å²) in [5.74, 6) is -0.0348. The van der Waals surface area contributed by atoms with Crippen molar-refractivity contribution in [2.24, 2.45) is 0 Å². The molecular weight excluding hydrogens is 395 g/mol. The van der Waals surface area contributed by atoms with Crippen LogP contribution in [0.3, 0.4) is 0 Å². The number of halogens is 3. The second kappa shape index (κ2) is 7.27. The Morgan fingerprint density at radius 2 is 1.87 bits per heavy atom. The predicted octanol–water partition coefficient (Wildman–Crippen LogP) is 4.08. The molecule has 2 bridgehead atoms. The molecule has 0 saturated carbocycles. The van der Waals surface area contributed by atoms with Gasteiger partial charge < -0.3 is 10.0 Å². The van der Waals surface area contributed by atoms with Gasteiger partial charge >= 0.3 is 6.18 Å². The van der Waals surface area contributed by atoms with E-state index in [0.717, 1.165) is 35.2 Å². The number of amides is 1. The van der Waals surface area contributed by atoms with E-state index in [1.807, 2.05) is 19.9 Å². The third-order valence-electron chi connectivity index (χ3n) is 6.60. The maximum absolute atomic E-state index is 12.8. The number of aromatic nitrogens is 1. The van der Waals surface area contributed by atoms with Gasteiger partial charge in [0.2, 0.25) is 0 Å². The van der Waals surface area contributed by atoms with Gasteiger partial charge in [-0.1, -0.05) is 6.07 Å². The molecule has 160 valence electrons. The Morgan fingerprint density at radius 1 is 1.13 bits per heavy atom. The average Bonchev–Trinajstić information content (AvgIpc) is 3.31. The molecule has 2 aliphatic rings. The van der Waals surface area contributed by atoms with Crippen LogP contribution in [0, 0.1) is 13.8 Å². The lowest BCUT2D eigenvalue weighted by Crippen LogP contribution is -2.49. The van der Waals surface area contributed by atoms with Gasteiger partial charge in [-0.25, -0.2) is 0 Å². The Labute approximate surface area is 173 Å². The number of hydrogen-bond acceptors (Lipinski definition) is 4. The van der Waals surface area contributed by atoms with Crippen molar-refractivity contribution in [3.8, 4) is 5.75 Å². The molecule has 0 spiro atoms. The monoisotopic (exact) mass is 419 g/mol. The third-order valence-corrected chi connectivity index (χ3v) is 6.60. The Hall–Kier alpha value is -2.61. The molecule has 0 aliphatic carbocycles. The van der Waals surface area contributed by atoms with E-state index in [0.29, 0.717) is 19.3 Å². The molecule has 0 unspecified atom stereocenters. The smallest absolute Gasteiger partial charge is 0.417 e. The van der Waals surface area contributed by atoms with E-state index in [2.05, 4.69) is 16.8 Å². The molecule has 5 nitrogen and oxygen atoms in total. The van der Waals surface area contributed by atoms with Crippen molar-refractivity contribution < 1.29 is 23.1 Å². The minimum absolute atomic E-state index is 0.0209. The lowest BCUT2D eigenvalue weighted by molar-refractivity contribution is -0.137. The minimum Gasteiger partial charge on any atom is -0.508 e. The first-order valence-electron chi connectivity index (χ1n) is 9.97. The summed E-state index contributed by atoms with van der Waals surface area (Å²) in [6.45, 7) is 7.27. The standard InChI is InChI=1S/C22H24F3N3O2/c1-12-13(2)20(29)7-5-18(12)14(3)27-10-17-8-16(27)11-28(17)21(30)19-6-4-15(9-26-19)22(23,24)25/h4-7,9,14,16-17,29H,8,10-11H2,1-3H3/t14-,16-,17-/m0/s1. The lowest BCUT2D eigenvalue weighted by atomic mass is 9.96. The first-order valence-corrected chi connectivity index (χ1v) is 9.97. The molecule has 3 atom stereocenters. The van der Waals surface area contributed by atoms with E-state index in [9.17, 15) is 23.1 Å². The molecule has 1 N–H and O–H groups in total. The Morgan fingerprint density at radius 3 is 2.43 bits per heavy atom. The van der Waals surface area contributed by atoms with E-state index in [4.69, 9.17) is 0 Å². The number of pyridine rings is 1. The number of carbonyl (C=O) groups is 1. The van der Waals surface area contributed by atoms with E-state index in [1.54, 1.807) is 11.0 Å². The van der Waals surface area contributed by atoms with E-state index in [1.165, 1.54) is 0 Å². The molecule has 1 aromatic heterocycles. The SMILES string of the molecule is Cc1c(O)ccc([C@H](C)N2C[C@@H]3C[C@H]2CN3C(=O)c2ccc(C(F)(F)F)cn2)c1C. The van der Waals surface area contributed by atoms with Gasteiger partial charge in [0.25, 0.3) is 5.91 Å². The summed E-state index contributed by atoms with van der Waals surface area (Å²) in [7, 11) is 0. The first kappa shape index (κ1) is 20.7. The first-order chi connectivity index (χ1) is 14.1. The van der Waals surface area contributed by atoms with Crippen LogP contribution in [0.1, 0.15) is 52.1 Å². The van der Waals surface area contributed by atoms with Gasteiger partial charge in [0.15, 0.2) is 0 Å². The molecule has 2 fully saturated rings. The topological polar surface area (TPSA) is 56.7 Å². The summed E-state index contributed by atoms with van der Waals surface area (Å²) >= 11 is 0. The zero-order chi connectivity index (χ0) is 21.8. The summed E-state index contributed by atoms with van der Waals surface area (Å²) < 4.78 is 38.2. The number of phenolic OH excluding ortho intramolecular Hbond substituents is 1. The van der Waals surface area contributed by atoms with Gasteiger partial charge in [-0.05, 0) is 62.1 Å². The number of carbonyl (C=O) groups excluding carboxylic acids is 1. The quantitative estimate of drug-likeness (QED) is 0.815. The van der Waals surface area contributed by atoms with Crippen LogP contribution in [0.2, 0.25) is 0 Å². The maximum Gasteiger partial charge on any atom is 0.417 e. The van der Waals surface area contributed by atoms with Crippen LogP contribution in [0.15, 0.2) is 30.5 Å². The van der Waals surface area contributed by atoms with Crippen LogP contribution in [-0.4, -0.2) is 51.0 Å². The van der Waals surface area contributed by atoms with Crippen LogP contribution in [-0.2, 0) is 6.18 Å². The number of benzene rings is 1. The third kappa shape index (κ3) is 3.43. The number of likely N-dealkylation sites (tertiary alicyclic amines) is 2. The van der Waals surface area contributed by atoms with E-state index >= 15 is 0 Å². The van der Waals surface area contributed by atoms with Crippen molar-refractivity contribution in [1.82, 2.24) is 14.8 Å². The molecule has 1 aromatic carbocycles. The highest BCUT2D eigenvalue weighted by atomic mass is 19.4. The number of fused-ring (bicyclic) bond motifs is 2. The molecule has 0 radical (unpaired) electrons. The zero-order valence-corrected chi connectivity index (χ0v) is 17.1. The van der Waals surface area contributed by atoms with Crippen LogP contribution in [0.4, 0.5) is 13.2 Å². The van der Waals surface area contributed by atoms with E-state index in [-0.39, 0.29) is 35.5 Å². The number of piperazine rings is 1. The van der Waals surface area contributed by atoms with Crippen LogP contribution in [0.25, 0.3) is 0 Å². The molecule has 2 saturated heterocycles. The van der Waals surface area contributed by atoms with Crippen LogP contribution in [0.5, 0.6) is 5.75 Å². The average molecular weight is 419 g/mol. The number of aromatic hydroxyl groups is 1. The largest absolute Gasteiger partial charge is 0.508 e. The van der Waals surface area contributed by atoms with Crippen molar-refractivity contribution in [2.45, 2.75) is 51.5 Å². The highest BCUT2D eigenvalue weighted by molar-refractivity contribution is 5.93. The van der Waals surface area contributed by atoms with Gasteiger partial charge in [0.05, 0.1) is 5.56 Å². The molecule has 30 heavy (non-hydrogen) atoms. The van der Waals surface area contributed by atoms with E-state index < -0.39 is 11.7 Å². The Kier molecular flexibility index (Phi) is 5.00.